The summed E-state index contributed by atoms with van der Waals surface area (Å²) in [6, 6.07) is 3.50. The zero-order chi connectivity index (χ0) is 13.2. The Morgan fingerprint density at radius 1 is 1.44 bits per heavy atom. The molecule has 3 N–H and O–H groups in total. The lowest BCUT2D eigenvalue weighted by atomic mass is 10.1. The molecule has 0 fully saturated rings. The molecule has 2 heterocycles. The molecular weight excluding hydrogens is 234 g/mol. The van der Waals surface area contributed by atoms with E-state index in [9.17, 15) is 9.90 Å². The van der Waals surface area contributed by atoms with Crippen molar-refractivity contribution in [2.75, 3.05) is 11.9 Å². The molecule has 0 radical (unpaired) electrons. The number of nitrogens with zero attached hydrogens (tertiary/aromatic N) is 2. The predicted molar refractivity (Wildman–Crippen MR) is 66.3 cm³/mol. The molecule has 0 bridgehead atoms. The topological polar surface area (TPSA) is 95.3 Å². The Hall–Kier alpha value is -2.21. The van der Waals surface area contributed by atoms with Gasteiger partial charge in [-0.1, -0.05) is 0 Å². The number of aromatic nitrogens is 2. The first-order chi connectivity index (χ1) is 8.50. The van der Waals surface area contributed by atoms with Crippen molar-refractivity contribution in [2.24, 2.45) is 0 Å². The number of carbonyl (C=O) groups is 1. The third-order valence-corrected chi connectivity index (χ3v) is 2.63. The van der Waals surface area contributed by atoms with Crippen LogP contribution in [0.1, 0.15) is 6.92 Å². The van der Waals surface area contributed by atoms with Crippen molar-refractivity contribution in [2.45, 2.75) is 12.5 Å². The third kappa shape index (κ3) is 2.38. The van der Waals surface area contributed by atoms with Crippen LogP contribution in [0.5, 0.6) is 0 Å². The number of anilines is 1. The Morgan fingerprint density at radius 3 is 2.94 bits per heavy atom. The van der Waals surface area contributed by atoms with E-state index in [1.54, 1.807) is 30.7 Å². The summed E-state index contributed by atoms with van der Waals surface area (Å²) in [5.74, 6) is -1.27. The first-order valence-electron chi connectivity index (χ1n) is 5.39. The number of pyridine rings is 2. The van der Waals surface area contributed by atoms with E-state index in [0.717, 1.165) is 5.39 Å². The minimum Gasteiger partial charge on any atom is -0.479 e. The molecular formula is C12H13N3O3. The SMILES string of the molecule is CC(O)(CNc1ccnc2cnccc12)C(=O)O. The maximum Gasteiger partial charge on any atom is 0.337 e. The number of aliphatic hydroxyl groups is 1. The Kier molecular flexibility index (Phi) is 3.12. The van der Waals surface area contributed by atoms with Gasteiger partial charge in [-0.15, -0.1) is 0 Å². The minimum atomic E-state index is -1.82. The van der Waals surface area contributed by atoms with Crippen LogP contribution in [0.25, 0.3) is 10.9 Å². The van der Waals surface area contributed by atoms with Gasteiger partial charge in [-0.2, -0.15) is 0 Å². The summed E-state index contributed by atoms with van der Waals surface area (Å²) < 4.78 is 0. The van der Waals surface area contributed by atoms with Gasteiger partial charge in [-0.25, -0.2) is 4.79 Å². The average molecular weight is 247 g/mol. The molecule has 0 saturated carbocycles. The number of rotatable bonds is 4. The number of hydrogen-bond donors (Lipinski definition) is 3. The van der Waals surface area contributed by atoms with Crippen molar-refractivity contribution in [1.29, 1.82) is 0 Å². The molecule has 18 heavy (non-hydrogen) atoms. The summed E-state index contributed by atoms with van der Waals surface area (Å²) in [6.45, 7) is 1.15. The molecule has 1 unspecified atom stereocenters. The normalized spacial score (nSPS) is 14.1. The second-order valence-electron chi connectivity index (χ2n) is 4.18. The number of carboxylic acid groups (broad SMARTS) is 1. The molecule has 6 nitrogen and oxygen atoms in total. The van der Waals surface area contributed by atoms with Gasteiger partial charge in [0.05, 0.1) is 18.3 Å². The van der Waals surface area contributed by atoms with Crippen molar-refractivity contribution in [3.05, 3.63) is 30.7 Å². The zero-order valence-corrected chi connectivity index (χ0v) is 9.79. The highest BCUT2D eigenvalue weighted by atomic mass is 16.4. The van der Waals surface area contributed by atoms with E-state index in [0.29, 0.717) is 11.2 Å². The third-order valence-electron chi connectivity index (χ3n) is 2.63. The molecule has 94 valence electrons. The molecule has 6 heteroatoms. The molecule has 2 aromatic rings. The van der Waals surface area contributed by atoms with E-state index in [-0.39, 0.29) is 6.54 Å². The highest BCUT2D eigenvalue weighted by Gasteiger charge is 2.29. The Labute approximate surface area is 103 Å². The van der Waals surface area contributed by atoms with Gasteiger partial charge in [0.1, 0.15) is 0 Å². The lowest BCUT2D eigenvalue weighted by molar-refractivity contribution is -0.155. The van der Waals surface area contributed by atoms with Crippen molar-refractivity contribution in [3.63, 3.8) is 0 Å². The van der Waals surface area contributed by atoms with Gasteiger partial charge >= 0.3 is 5.97 Å². The van der Waals surface area contributed by atoms with Crippen LogP contribution in [0, 0.1) is 0 Å². The van der Waals surface area contributed by atoms with Gasteiger partial charge in [-0.05, 0) is 19.1 Å². The second-order valence-corrected chi connectivity index (χ2v) is 4.18. The van der Waals surface area contributed by atoms with Gasteiger partial charge in [0.15, 0.2) is 5.60 Å². The summed E-state index contributed by atoms with van der Waals surface area (Å²) in [5, 5.41) is 22.2. The van der Waals surface area contributed by atoms with E-state index >= 15 is 0 Å². The number of aliphatic carboxylic acids is 1. The number of fused-ring (bicyclic) bond motifs is 1. The van der Waals surface area contributed by atoms with E-state index in [1.165, 1.54) is 6.92 Å². The van der Waals surface area contributed by atoms with Gasteiger partial charge in [0, 0.05) is 23.5 Å². The fraction of sp³-hybridized carbons (Fsp3) is 0.250. The van der Waals surface area contributed by atoms with Crippen LogP contribution in [0.3, 0.4) is 0 Å². The van der Waals surface area contributed by atoms with Crippen molar-refractivity contribution in [3.8, 4) is 0 Å². The molecule has 0 aliphatic carbocycles. The summed E-state index contributed by atoms with van der Waals surface area (Å²) in [7, 11) is 0. The highest BCUT2D eigenvalue weighted by Crippen LogP contribution is 2.20. The Balaban J connectivity index is 2.25. The first kappa shape index (κ1) is 12.3. The first-order valence-corrected chi connectivity index (χ1v) is 5.39. The maximum absolute atomic E-state index is 10.8. The molecule has 2 rings (SSSR count). The van der Waals surface area contributed by atoms with Crippen molar-refractivity contribution < 1.29 is 15.0 Å². The Bertz CT molecular complexity index is 578. The predicted octanol–water partition coefficient (Wildman–Crippen LogP) is 0.877. The number of carboxylic acids is 1. The molecule has 0 amide bonds. The lowest BCUT2D eigenvalue weighted by Gasteiger charge is -2.19. The van der Waals surface area contributed by atoms with Gasteiger partial charge in [0.2, 0.25) is 0 Å². The molecule has 2 aromatic heterocycles. The number of hydrogen-bond acceptors (Lipinski definition) is 5. The summed E-state index contributed by atoms with van der Waals surface area (Å²) in [6.07, 6.45) is 4.85. The van der Waals surface area contributed by atoms with Crippen LogP contribution >= 0.6 is 0 Å². The summed E-state index contributed by atoms with van der Waals surface area (Å²) >= 11 is 0. The van der Waals surface area contributed by atoms with Gasteiger partial charge < -0.3 is 15.5 Å². The van der Waals surface area contributed by atoms with Crippen molar-refractivity contribution in [1.82, 2.24) is 9.97 Å². The van der Waals surface area contributed by atoms with Crippen LogP contribution in [0.15, 0.2) is 30.7 Å². The molecule has 0 aliphatic heterocycles. The molecule has 1 atom stereocenters. The molecule has 0 aliphatic rings. The van der Waals surface area contributed by atoms with Crippen molar-refractivity contribution >= 4 is 22.6 Å². The van der Waals surface area contributed by atoms with E-state index in [4.69, 9.17) is 5.11 Å². The Morgan fingerprint density at radius 2 is 2.22 bits per heavy atom. The zero-order valence-electron chi connectivity index (χ0n) is 9.79. The van der Waals surface area contributed by atoms with Gasteiger partial charge in [-0.3, -0.25) is 9.97 Å². The fourth-order valence-electron chi connectivity index (χ4n) is 1.50. The van der Waals surface area contributed by atoms with E-state index in [1.807, 2.05) is 0 Å². The van der Waals surface area contributed by atoms with E-state index < -0.39 is 11.6 Å². The minimum absolute atomic E-state index is 0.0935. The van der Waals surface area contributed by atoms with Crippen LogP contribution in [-0.4, -0.2) is 38.3 Å². The molecule has 0 spiro atoms. The lowest BCUT2D eigenvalue weighted by Crippen LogP contribution is -2.41. The summed E-state index contributed by atoms with van der Waals surface area (Å²) in [4.78, 5) is 18.9. The monoisotopic (exact) mass is 247 g/mol. The average Bonchev–Trinajstić information content (AvgIpc) is 2.36. The van der Waals surface area contributed by atoms with Crippen LogP contribution in [0.4, 0.5) is 5.69 Å². The van der Waals surface area contributed by atoms with Crippen LogP contribution < -0.4 is 5.32 Å². The van der Waals surface area contributed by atoms with Gasteiger partial charge in [0.25, 0.3) is 0 Å². The maximum atomic E-state index is 10.8. The van der Waals surface area contributed by atoms with E-state index in [2.05, 4.69) is 15.3 Å². The largest absolute Gasteiger partial charge is 0.479 e. The van der Waals surface area contributed by atoms with Crippen LogP contribution in [0.2, 0.25) is 0 Å². The van der Waals surface area contributed by atoms with Crippen LogP contribution in [-0.2, 0) is 4.79 Å². The number of nitrogens with one attached hydrogen (secondary N) is 1. The second kappa shape index (κ2) is 4.58. The quantitative estimate of drug-likeness (QED) is 0.742. The smallest absolute Gasteiger partial charge is 0.337 e. The molecule has 0 aromatic carbocycles. The summed E-state index contributed by atoms with van der Waals surface area (Å²) in [5.41, 5.74) is -0.399. The molecule has 0 saturated heterocycles. The fourth-order valence-corrected chi connectivity index (χ4v) is 1.50. The highest BCUT2D eigenvalue weighted by molar-refractivity contribution is 5.90. The standard InChI is InChI=1S/C12H13N3O3/c1-12(18,11(16)17)7-15-9-3-5-14-10-6-13-4-2-8(9)10/h2-6,18H,7H2,1H3,(H,14,15)(H,16,17).